The summed E-state index contributed by atoms with van der Waals surface area (Å²) < 4.78 is 31.0. The standard InChI is InChI=1S/C10H11BrN2O3S/c1-16-4-5-17(14,15)13-10-3-2-9(11)6-8(10)7-12/h2-3,6,13H,4-5H2,1H3. The van der Waals surface area contributed by atoms with E-state index < -0.39 is 10.0 Å². The van der Waals surface area contributed by atoms with Gasteiger partial charge < -0.3 is 4.74 Å². The highest BCUT2D eigenvalue weighted by Gasteiger charge is 2.12. The van der Waals surface area contributed by atoms with E-state index in [4.69, 9.17) is 10.00 Å². The number of anilines is 1. The Kier molecular flexibility index (Phi) is 4.93. The number of benzene rings is 1. The van der Waals surface area contributed by atoms with Gasteiger partial charge in [0.15, 0.2) is 0 Å². The zero-order chi connectivity index (χ0) is 12.9. The molecular weight excluding hydrogens is 308 g/mol. The van der Waals surface area contributed by atoms with Gasteiger partial charge in [-0.25, -0.2) is 8.42 Å². The van der Waals surface area contributed by atoms with E-state index in [2.05, 4.69) is 20.7 Å². The highest BCUT2D eigenvalue weighted by Crippen LogP contribution is 2.21. The average Bonchev–Trinajstić information content (AvgIpc) is 2.28. The van der Waals surface area contributed by atoms with Crippen LogP contribution in [0.5, 0.6) is 0 Å². The number of nitrogens with one attached hydrogen (secondary N) is 1. The zero-order valence-corrected chi connectivity index (χ0v) is 11.5. The van der Waals surface area contributed by atoms with Crippen LogP contribution in [0.1, 0.15) is 5.56 Å². The molecule has 0 aliphatic heterocycles. The maximum atomic E-state index is 11.6. The van der Waals surface area contributed by atoms with Crippen LogP contribution in [-0.4, -0.2) is 27.9 Å². The minimum absolute atomic E-state index is 0.105. The summed E-state index contributed by atoms with van der Waals surface area (Å²) in [4.78, 5) is 0. The van der Waals surface area contributed by atoms with Crippen molar-refractivity contribution in [2.24, 2.45) is 0 Å². The molecule has 1 rings (SSSR count). The van der Waals surface area contributed by atoms with Crippen LogP contribution in [0.15, 0.2) is 22.7 Å². The van der Waals surface area contributed by atoms with E-state index in [-0.39, 0.29) is 23.6 Å². The van der Waals surface area contributed by atoms with E-state index in [1.165, 1.54) is 13.2 Å². The zero-order valence-electron chi connectivity index (χ0n) is 9.10. The molecule has 5 nitrogen and oxygen atoms in total. The van der Waals surface area contributed by atoms with Crippen molar-refractivity contribution in [1.29, 1.82) is 5.26 Å². The maximum Gasteiger partial charge on any atom is 0.235 e. The number of sulfonamides is 1. The summed E-state index contributed by atoms with van der Waals surface area (Å²) in [5, 5.41) is 8.89. The Morgan fingerprint density at radius 1 is 1.53 bits per heavy atom. The van der Waals surface area contributed by atoms with Crippen molar-refractivity contribution in [2.45, 2.75) is 0 Å². The van der Waals surface area contributed by atoms with Crippen LogP contribution < -0.4 is 4.72 Å². The Morgan fingerprint density at radius 2 is 2.24 bits per heavy atom. The van der Waals surface area contributed by atoms with Gasteiger partial charge in [-0.1, -0.05) is 15.9 Å². The molecule has 0 radical (unpaired) electrons. The molecule has 92 valence electrons. The normalized spacial score (nSPS) is 10.9. The lowest BCUT2D eigenvalue weighted by molar-refractivity contribution is 0.217. The Bertz CT molecular complexity index is 537. The Balaban J connectivity index is 2.92. The smallest absolute Gasteiger partial charge is 0.235 e. The quantitative estimate of drug-likeness (QED) is 0.896. The third kappa shape index (κ3) is 4.34. The molecular formula is C10H11BrN2O3S. The molecule has 1 aromatic carbocycles. The molecule has 0 aliphatic rings. The number of rotatable bonds is 5. The van der Waals surface area contributed by atoms with Crippen LogP contribution in [0, 0.1) is 11.3 Å². The minimum atomic E-state index is -3.48. The second-order valence-corrected chi connectivity index (χ2v) is 5.97. The molecule has 7 heteroatoms. The summed E-state index contributed by atoms with van der Waals surface area (Å²) in [5.41, 5.74) is 0.534. The molecule has 0 heterocycles. The SMILES string of the molecule is COCCS(=O)(=O)Nc1ccc(Br)cc1C#N. The summed E-state index contributed by atoms with van der Waals surface area (Å²) >= 11 is 3.21. The lowest BCUT2D eigenvalue weighted by Gasteiger charge is -2.09. The maximum absolute atomic E-state index is 11.6. The summed E-state index contributed by atoms with van der Waals surface area (Å²) in [6.45, 7) is 0.105. The van der Waals surface area contributed by atoms with Crippen LogP contribution in [0.4, 0.5) is 5.69 Å². The van der Waals surface area contributed by atoms with Gasteiger partial charge in [0.25, 0.3) is 0 Å². The van der Waals surface area contributed by atoms with Crippen molar-refractivity contribution in [2.75, 3.05) is 24.2 Å². The highest BCUT2D eigenvalue weighted by molar-refractivity contribution is 9.10. The van der Waals surface area contributed by atoms with Crippen molar-refractivity contribution >= 4 is 31.6 Å². The number of hydrogen-bond acceptors (Lipinski definition) is 4. The Labute approximate surface area is 109 Å². The van der Waals surface area contributed by atoms with Crippen molar-refractivity contribution in [1.82, 2.24) is 0 Å². The molecule has 0 amide bonds. The average molecular weight is 319 g/mol. The molecule has 0 fully saturated rings. The molecule has 17 heavy (non-hydrogen) atoms. The predicted molar refractivity (Wildman–Crippen MR) is 68.1 cm³/mol. The number of nitriles is 1. The lowest BCUT2D eigenvalue weighted by atomic mass is 10.2. The first-order valence-corrected chi connectivity index (χ1v) is 7.12. The van der Waals surface area contributed by atoms with Gasteiger partial charge in [0.2, 0.25) is 10.0 Å². The molecule has 0 bridgehead atoms. The molecule has 0 atom stereocenters. The first-order chi connectivity index (χ1) is 7.98. The van der Waals surface area contributed by atoms with Gasteiger partial charge >= 0.3 is 0 Å². The van der Waals surface area contributed by atoms with Crippen molar-refractivity contribution in [3.05, 3.63) is 28.2 Å². The third-order valence-corrected chi connectivity index (χ3v) is 3.65. The van der Waals surface area contributed by atoms with E-state index in [1.807, 2.05) is 6.07 Å². The molecule has 1 aromatic rings. The van der Waals surface area contributed by atoms with Gasteiger partial charge in [-0.2, -0.15) is 5.26 Å². The van der Waals surface area contributed by atoms with Gasteiger partial charge in [-0.15, -0.1) is 0 Å². The minimum Gasteiger partial charge on any atom is -0.384 e. The molecule has 0 unspecified atom stereocenters. The fraction of sp³-hybridized carbons (Fsp3) is 0.300. The van der Waals surface area contributed by atoms with Gasteiger partial charge in [0, 0.05) is 11.6 Å². The second kappa shape index (κ2) is 6.00. The topological polar surface area (TPSA) is 79.2 Å². The number of nitrogens with zero attached hydrogens (tertiary/aromatic N) is 1. The second-order valence-electron chi connectivity index (χ2n) is 3.22. The first kappa shape index (κ1) is 14.0. The summed E-state index contributed by atoms with van der Waals surface area (Å²) in [5.74, 6) is -0.148. The van der Waals surface area contributed by atoms with Crippen LogP contribution in [-0.2, 0) is 14.8 Å². The molecule has 0 aromatic heterocycles. The molecule has 0 saturated heterocycles. The van der Waals surface area contributed by atoms with E-state index >= 15 is 0 Å². The Hall–Kier alpha value is -1.10. The lowest BCUT2D eigenvalue weighted by Crippen LogP contribution is -2.20. The van der Waals surface area contributed by atoms with Gasteiger partial charge in [-0.05, 0) is 18.2 Å². The van der Waals surface area contributed by atoms with Gasteiger partial charge in [-0.3, -0.25) is 4.72 Å². The number of halogens is 1. The fourth-order valence-electron chi connectivity index (χ4n) is 1.11. The molecule has 0 saturated carbocycles. The number of hydrogen-bond donors (Lipinski definition) is 1. The van der Waals surface area contributed by atoms with Gasteiger partial charge in [0.05, 0.1) is 23.6 Å². The number of ether oxygens (including phenoxy) is 1. The van der Waals surface area contributed by atoms with Crippen molar-refractivity contribution < 1.29 is 13.2 Å². The van der Waals surface area contributed by atoms with E-state index in [1.54, 1.807) is 12.1 Å². The summed E-state index contributed by atoms with van der Waals surface area (Å²) in [6, 6.07) is 6.67. The number of methoxy groups -OCH3 is 1. The van der Waals surface area contributed by atoms with Crippen molar-refractivity contribution in [3.63, 3.8) is 0 Å². The fourth-order valence-corrected chi connectivity index (χ4v) is 2.47. The van der Waals surface area contributed by atoms with Crippen LogP contribution in [0.3, 0.4) is 0 Å². The van der Waals surface area contributed by atoms with E-state index in [0.717, 1.165) is 0 Å². The summed E-state index contributed by atoms with van der Waals surface area (Å²) in [7, 11) is -2.06. The van der Waals surface area contributed by atoms with Gasteiger partial charge in [0.1, 0.15) is 6.07 Å². The third-order valence-electron chi connectivity index (χ3n) is 1.92. The van der Waals surface area contributed by atoms with E-state index in [9.17, 15) is 8.42 Å². The monoisotopic (exact) mass is 318 g/mol. The first-order valence-electron chi connectivity index (χ1n) is 4.67. The predicted octanol–water partition coefficient (Wildman–Crippen LogP) is 1.71. The Morgan fingerprint density at radius 3 is 2.82 bits per heavy atom. The molecule has 0 aliphatic carbocycles. The highest BCUT2D eigenvalue weighted by atomic mass is 79.9. The van der Waals surface area contributed by atoms with E-state index in [0.29, 0.717) is 4.47 Å². The summed E-state index contributed by atoms with van der Waals surface area (Å²) in [6.07, 6.45) is 0. The largest absolute Gasteiger partial charge is 0.384 e. The van der Waals surface area contributed by atoms with Crippen LogP contribution in [0.25, 0.3) is 0 Å². The van der Waals surface area contributed by atoms with Crippen LogP contribution >= 0.6 is 15.9 Å². The van der Waals surface area contributed by atoms with Crippen LogP contribution in [0.2, 0.25) is 0 Å². The molecule has 1 N–H and O–H groups in total. The van der Waals surface area contributed by atoms with Crippen molar-refractivity contribution in [3.8, 4) is 6.07 Å². The molecule has 0 spiro atoms.